The molecular formula is C42H78NO8P. The minimum atomic E-state index is -4.42. The van der Waals surface area contributed by atoms with Crippen molar-refractivity contribution < 1.29 is 37.9 Å². The molecule has 0 aliphatic carbocycles. The van der Waals surface area contributed by atoms with Gasteiger partial charge < -0.3 is 20.1 Å². The molecule has 0 fully saturated rings. The molecule has 0 aromatic heterocycles. The zero-order chi connectivity index (χ0) is 38.2. The summed E-state index contributed by atoms with van der Waals surface area (Å²) in [5, 5.41) is 12.7. The molecule has 10 heteroatoms. The lowest BCUT2D eigenvalue weighted by molar-refractivity contribution is -0.147. The molecular weight excluding hydrogens is 677 g/mol. The van der Waals surface area contributed by atoms with Gasteiger partial charge in [0.2, 0.25) is 5.91 Å². The molecule has 0 aliphatic rings. The van der Waals surface area contributed by atoms with Crippen LogP contribution in [0.2, 0.25) is 0 Å². The van der Waals surface area contributed by atoms with Gasteiger partial charge in [0.25, 0.3) is 0 Å². The SMILES string of the molecule is CCCCCC/C=C\C/C=C\CCCCCCCC(=O)NCCOP(=O)(O)OCC(O)COC(=O)CCCCCCC/C=C\CCCCCCCC. The fourth-order valence-corrected chi connectivity index (χ4v) is 6.34. The van der Waals surface area contributed by atoms with Gasteiger partial charge in [0.15, 0.2) is 0 Å². The van der Waals surface area contributed by atoms with Crippen LogP contribution in [0.25, 0.3) is 0 Å². The number of nitrogens with one attached hydrogen (secondary N) is 1. The number of carbonyl (C=O) groups is 2. The molecule has 0 aliphatic heterocycles. The highest BCUT2D eigenvalue weighted by molar-refractivity contribution is 7.47. The number of hydrogen-bond acceptors (Lipinski definition) is 7. The number of unbranched alkanes of at least 4 members (excludes halogenated alkanes) is 20. The third-order valence-electron chi connectivity index (χ3n) is 8.79. The Kier molecular flexibility index (Phi) is 37.6. The summed E-state index contributed by atoms with van der Waals surface area (Å²) in [5.74, 6) is -0.538. The van der Waals surface area contributed by atoms with Crippen molar-refractivity contribution in [2.24, 2.45) is 0 Å². The van der Waals surface area contributed by atoms with Crippen molar-refractivity contribution in [2.75, 3.05) is 26.4 Å². The van der Waals surface area contributed by atoms with E-state index in [0.29, 0.717) is 6.42 Å². The first kappa shape index (κ1) is 50.2. The van der Waals surface area contributed by atoms with E-state index in [1.165, 1.54) is 77.0 Å². The predicted molar refractivity (Wildman–Crippen MR) is 215 cm³/mol. The van der Waals surface area contributed by atoms with Crippen LogP contribution in [0, 0.1) is 0 Å². The van der Waals surface area contributed by atoms with Crippen molar-refractivity contribution in [3.8, 4) is 0 Å². The normalized spacial score (nSPS) is 13.7. The molecule has 9 nitrogen and oxygen atoms in total. The van der Waals surface area contributed by atoms with E-state index in [2.05, 4.69) is 55.6 Å². The lowest BCUT2D eigenvalue weighted by Crippen LogP contribution is -2.27. The van der Waals surface area contributed by atoms with Crippen molar-refractivity contribution in [3.05, 3.63) is 36.5 Å². The Balaban J connectivity index is 3.64. The van der Waals surface area contributed by atoms with Crippen LogP contribution in [0.5, 0.6) is 0 Å². The van der Waals surface area contributed by atoms with Gasteiger partial charge in [0, 0.05) is 19.4 Å². The Labute approximate surface area is 318 Å². The Morgan fingerprint density at radius 1 is 0.596 bits per heavy atom. The van der Waals surface area contributed by atoms with Crippen molar-refractivity contribution in [1.29, 1.82) is 0 Å². The van der Waals surface area contributed by atoms with Crippen molar-refractivity contribution in [1.82, 2.24) is 5.32 Å². The molecule has 2 atom stereocenters. The highest BCUT2D eigenvalue weighted by Gasteiger charge is 2.23. The van der Waals surface area contributed by atoms with Gasteiger partial charge in [-0.05, 0) is 70.6 Å². The van der Waals surface area contributed by atoms with Gasteiger partial charge in [-0.2, -0.15) is 0 Å². The number of esters is 1. The van der Waals surface area contributed by atoms with Crippen LogP contribution in [0.4, 0.5) is 0 Å². The second kappa shape index (κ2) is 38.9. The average Bonchev–Trinajstić information content (AvgIpc) is 3.13. The maximum Gasteiger partial charge on any atom is 0.472 e. The molecule has 0 spiro atoms. The van der Waals surface area contributed by atoms with Gasteiger partial charge >= 0.3 is 13.8 Å². The zero-order valence-electron chi connectivity index (χ0n) is 33.3. The van der Waals surface area contributed by atoms with Crippen LogP contribution >= 0.6 is 7.82 Å². The molecule has 0 radical (unpaired) electrons. The molecule has 52 heavy (non-hydrogen) atoms. The Hall–Kier alpha value is -1.77. The summed E-state index contributed by atoms with van der Waals surface area (Å²) in [7, 11) is -4.42. The number of phosphoric acid groups is 1. The number of aliphatic hydroxyl groups is 1. The molecule has 0 heterocycles. The van der Waals surface area contributed by atoms with E-state index in [9.17, 15) is 24.2 Å². The van der Waals surface area contributed by atoms with Crippen molar-refractivity contribution >= 4 is 19.7 Å². The first-order valence-corrected chi connectivity index (χ1v) is 22.5. The van der Waals surface area contributed by atoms with Crippen LogP contribution in [0.15, 0.2) is 36.5 Å². The van der Waals surface area contributed by atoms with Crippen molar-refractivity contribution in [2.45, 2.75) is 193 Å². The molecule has 0 aromatic rings. The standard InChI is InChI=1S/C42H78NO8P/c1-3-5-7-9-11-13-15-17-19-21-22-24-26-28-30-32-34-41(45)43-36-37-50-52(47,48)51-39-40(44)38-49-42(46)35-33-31-29-27-25-23-20-18-16-14-12-10-8-6-4-2/h13,15,18-21,40,44H,3-12,14,16-17,22-39H2,1-2H3,(H,43,45)(H,47,48)/b15-13-,20-18-,21-19-. The zero-order valence-corrected chi connectivity index (χ0v) is 34.1. The minimum absolute atomic E-state index is 0.0731. The maximum absolute atomic E-state index is 12.1. The van der Waals surface area contributed by atoms with E-state index in [1.807, 2.05) is 0 Å². The topological polar surface area (TPSA) is 131 Å². The quantitative estimate of drug-likeness (QED) is 0.0244. The monoisotopic (exact) mass is 756 g/mol. The van der Waals surface area contributed by atoms with Crippen LogP contribution in [-0.2, 0) is 27.9 Å². The average molecular weight is 756 g/mol. The van der Waals surface area contributed by atoms with Gasteiger partial charge in [-0.15, -0.1) is 0 Å². The summed E-state index contributed by atoms with van der Waals surface area (Å²) >= 11 is 0. The number of amides is 1. The summed E-state index contributed by atoms with van der Waals surface area (Å²) in [4.78, 5) is 33.8. The van der Waals surface area contributed by atoms with Crippen LogP contribution < -0.4 is 5.32 Å². The van der Waals surface area contributed by atoms with Gasteiger partial charge in [0.05, 0.1) is 13.2 Å². The predicted octanol–water partition coefficient (Wildman–Crippen LogP) is 11.4. The van der Waals surface area contributed by atoms with Crippen LogP contribution in [0.3, 0.4) is 0 Å². The van der Waals surface area contributed by atoms with Crippen molar-refractivity contribution in [3.63, 3.8) is 0 Å². The second-order valence-corrected chi connectivity index (χ2v) is 15.4. The first-order chi connectivity index (χ1) is 25.3. The molecule has 0 aromatic carbocycles. The molecule has 0 saturated heterocycles. The van der Waals surface area contributed by atoms with Gasteiger partial charge in [-0.3, -0.25) is 18.6 Å². The smallest absolute Gasteiger partial charge is 0.463 e. The first-order valence-electron chi connectivity index (χ1n) is 21.0. The molecule has 0 rings (SSSR count). The Morgan fingerprint density at radius 2 is 1.04 bits per heavy atom. The number of carbonyl (C=O) groups excluding carboxylic acids is 2. The van der Waals surface area contributed by atoms with E-state index < -0.39 is 26.5 Å². The van der Waals surface area contributed by atoms with E-state index in [0.717, 1.165) is 83.5 Å². The Morgan fingerprint density at radius 3 is 1.58 bits per heavy atom. The summed E-state index contributed by atoms with van der Waals surface area (Å²) in [6, 6.07) is 0. The third-order valence-corrected chi connectivity index (χ3v) is 9.78. The van der Waals surface area contributed by atoms with Crippen LogP contribution in [0.1, 0.15) is 187 Å². The Bertz CT molecular complexity index is 954. The lowest BCUT2D eigenvalue weighted by Gasteiger charge is -2.15. The maximum atomic E-state index is 12.1. The number of allylic oxidation sites excluding steroid dienone is 6. The summed E-state index contributed by atoms with van der Waals surface area (Å²) in [6.07, 6.45) is 42.1. The molecule has 304 valence electrons. The molecule has 2 unspecified atom stereocenters. The number of aliphatic hydroxyl groups excluding tert-OH is 1. The van der Waals surface area contributed by atoms with E-state index in [-0.39, 0.29) is 32.1 Å². The summed E-state index contributed by atoms with van der Waals surface area (Å²) in [6.45, 7) is 3.50. The molecule has 0 bridgehead atoms. The summed E-state index contributed by atoms with van der Waals surface area (Å²) < 4.78 is 26.8. The lowest BCUT2D eigenvalue weighted by atomic mass is 10.1. The third kappa shape index (κ3) is 39.4. The summed E-state index contributed by atoms with van der Waals surface area (Å²) in [5.41, 5.74) is 0. The van der Waals surface area contributed by atoms with Gasteiger partial charge in [-0.1, -0.05) is 140 Å². The highest BCUT2D eigenvalue weighted by atomic mass is 31.2. The fraction of sp³-hybridized carbons (Fsp3) is 0.810. The van der Waals surface area contributed by atoms with Crippen LogP contribution in [-0.4, -0.2) is 54.3 Å². The number of phosphoric ester groups is 1. The molecule has 0 saturated carbocycles. The number of rotatable bonds is 39. The van der Waals surface area contributed by atoms with E-state index in [1.54, 1.807) is 0 Å². The second-order valence-electron chi connectivity index (χ2n) is 14.0. The number of ether oxygens (including phenoxy) is 1. The molecule has 3 N–H and O–H groups in total. The van der Waals surface area contributed by atoms with Gasteiger partial charge in [0.1, 0.15) is 12.7 Å². The van der Waals surface area contributed by atoms with E-state index in [4.69, 9.17) is 13.8 Å². The molecule has 1 amide bonds. The fourth-order valence-electron chi connectivity index (χ4n) is 5.58. The van der Waals surface area contributed by atoms with Gasteiger partial charge in [-0.25, -0.2) is 4.57 Å². The minimum Gasteiger partial charge on any atom is -0.463 e. The largest absolute Gasteiger partial charge is 0.472 e. The number of hydrogen-bond donors (Lipinski definition) is 3. The van der Waals surface area contributed by atoms with E-state index >= 15 is 0 Å². The highest BCUT2D eigenvalue weighted by Crippen LogP contribution is 2.42.